The molecule has 3 heterocycles. The molecule has 0 saturated carbocycles. The SMILES string of the molecule is C=C([C@H](CN1CC2C[C@H]1C(=O)N2C(C1=CC=C(F)CC1C)c1ccc(F)cc1)NC(=O)OC(C)(C)C)N1CCC[C@H]1C#N. The summed E-state index contributed by atoms with van der Waals surface area (Å²) in [5.74, 6) is -0.733. The number of nitrogens with one attached hydrogen (secondary N) is 1. The van der Waals surface area contributed by atoms with Gasteiger partial charge in [-0.05, 0) is 75.3 Å². The van der Waals surface area contributed by atoms with Crippen LogP contribution in [0.5, 0.6) is 0 Å². The summed E-state index contributed by atoms with van der Waals surface area (Å²) in [7, 11) is 0. The van der Waals surface area contributed by atoms with E-state index >= 15 is 0 Å². The standard InChI is InChI=1S/C33H41F2N5O3/c1-20-15-24(35)12-13-27(20)30(22-8-10-23(34)11-9-22)40-26-16-29(31(40)41)38(18-26)19-28(37-32(42)43-33(3,4)5)21(2)39-14-6-7-25(39)17-36/h8-13,20,25-26,28-30H,2,6-7,14-16,18-19H2,1,3-5H3,(H,37,42)/t20?,25-,26?,28-,29-,30?/m0/s1. The average Bonchev–Trinajstić information content (AvgIpc) is 3.65. The quantitative estimate of drug-likeness (QED) is 0.436. The van der Waals surface area contributed by atoms with E-state index in [1.807, 2.05) is 16.7 Å². The van der Waals surface area contributed by atoms with Gasteiger partial charge in [0.15, 0.2) is 0 Å². The zero-order valence-electron chi connectivity index (χ0n) is 25.4. The number of carbonyl (C=O) groups is 2. The highest BCUT2D eigenvalue weighted by atomic mass is 19.1. The van der Waals surface area contributed by atoms with Crippen molar-refractivity contribution in [2.75, 3.05) is 19.6 Å². The lowest BCUT2D eigenvalue weighted by atomic mass is 9.83. The first-order valence-electron chi connectivity index (χ1n) is 15.1. The predicted molar refractivity (Wildman–Crippen MR) is 158 cm³/mol. The summed E-state index contributed by atoms with van der Waals surface area (Å²) in [5, 5.41) is 12.6. The number of benzene rings is 1. The summed E-state index contributed by atoms with van der Waals surface area (Å²) < 4.78 is 33.5. The molecule has 1 aromatic carbocycles. The number of piperazine rings is 1. The fourth-order valence-corrected chi connectivity index (χ4v) is 6.94. The van der Waals surface area contributed by atoms with Crippen LogP contribution in [0.2, 0.25) is 0 Å². The number of amides is 2. The maximum atomic E-state index is 14.1. The number of rotatable bonds is 8. The van der Waals surface area contributed by atoms with Gasteiger partial charge in [-0.25, -0.2) is 13.6 Å². The van der Waals surface area contributed by atoms with Crippen molar-refractivity contribution in [3.05, 3.63) is 71.5 Å². The third kappa shape index (κ3) is 6.47. The van der Waals surface area contributed by atoms with E-state index < -0.39 is 29.8 Å². The Hall–Kier alpha value is -3.71. The van der Waals surface area contributed by atoms with Gasteiger partial charge in [-0.15, -0.1) is 0 Å². The van der Waals surface area contributed by atoms with Crippen LogP contribution in [-0.2, 0) is 9.53 Å². The molecular weight excluding hydrogens is 552 g/mol. The Bertz CT molecular complexity index is 1360. The van der Waals surface area contributed by atoms with Gasteiger partial charge in [-0.1, -0.05) is 31.7 Å². The van der Waals surface area contributed by atoms with Crippen LogP contribution >= 0.6 is 0 Å². The summed E-state index contributed by atoms with van der Waals surface area (Å²) in [6, 6.07) is 6.67. The molecule has 2 bridgehead atoms. The summed E-state index contributed by atoms with van der Waals surface area (Å²) in [4.78, 5) is 32.9. The minimum atomic E-state index is -0.694. The fourth-order valence-electron chi connectivity index (χ4n) is 6.94. The molecule has 3 unspecified atom stereocenters. The summed E-state index contributed by atoms with van der Waals surface area (Å²) in [6.07, 6.45) is 5.09. The van der Waals surface area contributed by atoms with Crippen LogP contribution in [-0.4, -0.2) is 76.1 Å². The van der Waals surface area contributed by atoms with Gasteiger partial charge in [0, 0.05) is 37.8 Å². The molecule has 8 nitrogen and oxygen atoms in total. The number of alkyl carbamates (subject to hydrolysis) is 1. The maximum Gasteiger partial charge on any atom is 0.408 e. The largest absolute Gasteiger partial charge is 0.444 e. The van der Waals surface area contributed by atoms with Crippen LogP contribution < -0.4 is 5.32 Å². The van der Waals surface area contributed by atoms with Crippen molar-refractivity contribution in [3.63, 3.8) is 0 Å². The number of fused-ring (bicyclic) bond motifs is 2. The number of nitrogens with zero attached hydrogens (tertiary/aromatic N) is 4. The van der Waals surface area contributed by atoms with Crippen LogP contribution in [0.15, 0.2) is 60.1 Å². The summed E-state index contributed by atoms with van der Waals surface area (Å²) in [6.45, 7) is 13.2. The number of hydrogen-bond acceptors (Lipinski definition) is 6. The number of halogens is 2. The van der Waals surface area contributed by atoms with Crippen LogP contribution in [0.3, 0.4) is 0 Å². The van der Waals surface area contributed by atoms with Gasteiger partial charge in [0.05, 0.1) is 24.2 Å². The Labute approximate surface area is 252 Å². The van der Waals surface area contributed by atoms with E-state index in [9.17, 15) is 23.6 Å². The first kappa shape index (κ1) is 30.7. The van der Waals surface area contributed by atoms with Gasteiger partial charge in [0.2, 0.25) is 5.91 Å². The molecule has 1 aliphatic carbocycles. The zero-order valence-corrected chi connectivity index (χ0v) is 25.4. The second kappa shape index (κ2) is 12.1. The molecule has 4 aliphatic rings. The van der Waals surface area contributed by atoms with E-state index in [0.29, 0.717) is 31.8 Å². The number of allylic oxidation sites excluding steroid dienone is 3. The highest BCUT2D eigenvalue weighted by molar-refractivity contribution is 5.86. The Morgan fingerprint density at radius 2 is 1.95 bits per heavy atom. The molecule has 10 heteroatoms. The van der Waals surface area contributed by atoms with Crippen molar-refractivity contribution >= 4 is 12.0 Å². The molecule has 3 aliphatic heterocycles. The molecule has 0 aromatic heterocycles. The van der Waals surface area contributed by atoms with Gasteiger partial charge in [-0.2, -0.15) is 5.26 Å². The predicted octanol–water partition coefficient (Wildman–Crippen LogP) is 5.37. The lowest BCUT2D eigenvalue weighted by molar-refractivity contribution is -0.138. The van der Waals surface area contributed by atoms with E-state index in [1.165, 1.54) is 18.2 Å². The molecule has 230 valence electrons. The second-order valence-electron chi connectivity index (χ2n) is 13.1. The highest BCUT2D eigenvalue weighted by Gasteiger charge is 2.53. The molecule has 0 spiro atoms. The Morgan fingerprint density at radius 1 is 1.23 bits per heavy atom. The summed E-state index contributed by atoms with van der Waals surface area (Å²) >= 11 is 0. The monoisotopic (exact) mass is 593 g/mol. The molecule has 43 heavy (non-hydrogen) atoms. The molecular formula is C33H41F2N5O3. The minimum Gasteiger partial charge on any atom is -0.444 e. The molecule has 1 aromatic rings. The molecule has 3 fully saturated rings. The van der Waals surface area contributed by atoms with Gasteiger partial charge < -0.3 is 19.9 Å². The molecule has 6 atom stereocenters. The van der Waals surface area contributed by atoms with E-state index in [0.717, 1.165) is 24.0 Å². The molecule has 3 saturated heterocycles. The number of nitriles is 1. The number of ether oxygens (including phenoxy) is 1. The molecule has 0 radical (unpaired) electrons. The molecule has 1 N–H and O–H groups in total. The lowest BCUT2D eigenvalue weighted by Crippen LogP contribution is -2.56. The number of likely N-dealkylation sites (tertiary alicyclic amines) is 3. The topological polar surface area (TPSA) is 88.9 Å². The van der Waals surface area contributed by atoms with Crippen molar-refractivity contribution in [1.29, 1.82) is 5.26 Å². The third-order valence-corrected chi connectivity index (χ3v) is 8.90. The van der Waals surface area contributed by atoms with E-state index in [2.05, 4.69) is 22.9 Å². The van der Waals surface area contributed by atoms with Crippen molar-refractivity contribution in [3.8, 4) is 6.07 Å². The van der Waals surface area contributed by atoms with Crippen LogP contribution in [0.25, 0.3) is 0 Å². The second-order valence-corrected chi connectivity index (χ2v) is 13.1. The average molecular weight is 594 g/mol. The van der Waals surface area contributed by atoms with Crippen LogP contribution in [0.1, 0.15) is 65.0 Å². The Morgan fingerprint density at radius 3 is 2.58 bits per heavy atom. The summed E-state index contributed by atoms with van der Waals surface area (Å²) in [5.41, 5.74) is 1.65. The first-order chi connectivity index (χ1) is 20.4. The van der Waals surface area contributed by atoms with Crippen LogP contribution in [0, 0.1) is 23.1 Å². The number of hydrogen-bond donors (Lipinski definition) is 1. The first-order valence-corrected chi connectivity index (χ1v) is 15.1. The Balaban J connectivity index is 1.39. The van der Waals surface area contributed by atoms with Gasteiger partial charge >= 0.3 is 6.09 Å². The van der Waals surface area contributed by atoms with E-state index in [-0.39, 0.29) is 42.0 Å². The van der Waals surface area contributed by atoms with Crippen molar-refractivity contribution in [2.45, 2.75) is 89.2 Å². The third-order valence-electron chi connectivity index (χ3n) is 8.90. The zero-order chi connectivity index (χ0) is 31.1. The highest BCUT2D eigenvalue weighted by Crippen LogP contribution is 2.45. The van der Waals surface area contributed by atoms with Crippen LogP contribution in [0.4, 0.5) is 13.6 Å². The minimum absolute atomic E-state index is 0.0496. The van der Waals surface area contributed by atoms with Gasteiger partial charge in [0.1, 0.15) is 23.3 Å². The van der Waals surface area contributed by atoms with Crippen molar-refractivity contribution < 1.29 is 23.1 Å². The fraction of sp³-hybridized carbons (Fsp3) is 0.545. The van der Waals surface area contributed by atoms with E-state index in [4.69, 9.17) is 4.74 Å². The van der Waals surface area contributed by atoms with Crippen molar-refractivity contribution in [1.82, 2.24) is 20.0 Å². The van der Waals surface area contributed by atoms with Gasteiger partial charge in [0.25, 0.3) is 0 Å². The smallest absolute Gasteiger partial charge is 0.408 e. The number of carbonyl (C=O) groups excluding carboxylic acids is 2. The maximum absolute atomic E-state index is 14.1. The van der Waals surface area contributed by atoms with Crippen molar-refractivity contribution in [2.24, 2.45) is 5.92 Å². The molecule has 5 rings (SSSR count). The Kier molecular flexibility index (Phi) is 8.66. The normalized spacial score (nSPS) is 27.0. The van der Waals surface area contributed by atoms with E-state index in [1.54, 1.807) is 39.0 Å². The molecule has 2 amide bonds. The lowest BCUT2D eigenvalue weighted by Gasteiger charge is -2.42. The van der Waals surface area contributed by atoms with Gasteiger partial charge in [-0.3, -0.25) is 9.69 Å².